The fraction of sp³-hybridized carbons (Fsp3) is 0.421. The van der Waals surface area contributed by atoms with E-state index in [4.69, 9.17) is 19.9 Å². The molecule has 0 bridgehead atoms. The minimum atomic E-state index is -0.225. The van der Waals surface area contributed by atoms with Gasteiger partial charge in [-0.2, -0.15) is 0 Å². The Morgan fingerprint density at radius 1 is 1.17 bits per heavy atom. The van der Waals surface area contributed by atoms with E-state index in [9.17, 15) is 4.79 Å². The Bertz CT molecular complexity index is 746. The normalized spacial score (nSPS) is 22.4. The lowest BCUT2D eigenvalue weighted by Crippen LogP contribution is -2.31. The summed E-state index contributed by atoms with van der Waals surface area (Å²) < 4.78 is 16.4. The van der Waals surface area contributed by atoms with Crippen molar-refractivity contribution in [2.45, 2.75) is 32.6 Å². The molecule has 3 rings (SSSR count). The average molecular weight is 329 g/mol. The Labute approximate surface area is 142 Å². The molecular formula is C19H23NO4. The van der Waals surface area contributed by atoms with Gasteiger partial charge in [0.15, 0.2) is 23.2 Å². The second-order valence-electron chi connectivity index (χ2n) is 7.04. The molecule has 128 valence electrons. The van der Waals surface area contributed by atoms with Crippen LogP contribution in [0.5, 0.6) is 11.5 Å². The molecule has 1 aliphatic carbocycles. The number of carbonyl (C=O) groups is 1. The highest BCUT2D eigenvalue weighted by Gasteiger charge is 2.39. The number of nitrogens with two attached hydrogens (primary N) is 1. The van der Waals surface area contributed by atoms with E-state index < -0.39 is 0 Å². The van der Waals surface area contributed by atoms with Crippen LogP contribution in [0, 0.1) is 5.41 Å². The standard InChI is InChI=1S/C19H23NO4/c1-19(2)9-13(21)18-12(8-17(20)24-16(18)10-19)11-5-6-14(22-3)15(7-11)23-4/h5-8,12H,9-10,20H2,1-4H3. The van der Waals surface area contributed by atoms with Gasteiger partial charge in [0.05, 0.1) is 14.2 Å². The molecular weight excluding hydrogens is 306 g/mol. The van der Waals surface area contributed by atoms with Crippen LogP contribution in [0.3, 0.4) is 0 Å². The Hall–Kier alpha value is -2.43. The molecule has 1 heterocycles. The summed E-state index contributed by atoms with van der Waals surface area (Å²) in [7, 11) is 3.19. The number of carbonyl (C=O) groups excluding carboxylic acids is 1. The first-order valence-corrected chi connectivity index (χ1v) is 7.98. The highest BCUT2D eigenvalue weighted by Crippen LogP contribution is 2.46. The zero-order chi connectivity index (χ0) is 17.5. The quantitative estimate of drug-likeness (QED) is 0.921. The predicted molar refractivity (Wildman–Crippen MR) is 90.7 cm³/mol. The van der Waals surface area contributed by atoms with Crippen molar-refractivity contribution >= 4 is 5.78 Å². The van der Waals surface area contributed by atoms with Crippen LogP contribution in [0.25, 0.3) is 0 Å². The number of hydrogen-bond donors (Lipinski definition) is 1. The summed E-state index contributed by atoms with van der Waals surface area (Å²) in [5.74, 6) is 2.19. The molecule has 2 N–H and O–H groups in total. The van der Waals surface area contributed by atoms with Crippen LogP contribution in [0.1, 0.15) is 38.2 Å². The van der Waals surface area contributed by atoms with Crippen molar-refractivity contribution in [1.82, 2.24) is 0 Å². The fourth-order valence-electron chi connectivity index (χ4n) is 3.45. The monoisotopic (exact) mass is 329 g/mol. The van der Waals surface area contributed by atoms with E-state index in [0.29, 0.717) is 41.6 Å². The summed E-state index contributed by atoms with van der Waals surface area (Å²) in [4.78, 5) is 12.7. The van der Waals surface area contributed by atoms with E-state index in [1.54, 1.807) is 20.3 Å². The number of benzene rings is 1. The van der Waals surface area contributed by atoms with Gasteiger partial charge in [0.25, 0.3) is 0 Å². The van der Waals surface area contributed by atoms with Crippen molar-refractivity contribution < 1.29 is 19.0 Å². The van der Waals surface area contributed by atoms with Crippen LogP contribution in [0.2, 0.25) is 0 Å². The van der Waals surface area contributed by atoms with Crippen molar-refractivity contribution in [3.05, 3.63) is 47.1 Å². The molecule has 1 aromatic rings. The maximum Gasteiger partial charge on any atom is 0.187 e. The zero-order valence-corrected chi connectivity index (χ0v) is 14.5. The highest BCUT2D eigenvalue weighted by atomic mass is 16.5. The van der Waals surface area contributed by atoms with Gasteiger partial charge in [0.2, 0.25) is 0 Å². The minimum absolute atomic E-state index is 0.115. The van der Waals surface area contributed by atoms with Gasteiger partial charge in [-0.1, -0.05) is 19.9 Å². The molecule has 0 radical (unpaired) electrons. The molecule has 1 unspecified atom stereocenters. The largest absolute Gasteiger partial charge is 0.493 e. The van der Waals surface area contributed by atoms with Crippen LogP contribution in [-0.4, -0.2) is 20.0 Å². The van der Waals surface area contributed by atoms with E-state index in [1.807, 2.05) is 18.2 Å². The molecule has 5 heteroatoms. The van der Waals surface area contributed by atoms with Gasteiger partial charge in [0.1, 0.15) is 5.76 Å². The van der Waals surface area contributed by atoms with Crippen molar-refractivity contribution in [2.24, 2.45) is 11.1 Å². The number of ketones is 1. The van der Waals surface area contributed by atoms with Crippen molar-refractivity contribution in [3.8, 4) is 11.5 Å². The number of allylic oxidation sites excluding steroid dienone is 3. The summed E-state index contributed by atoms with van der Waals surface area (Å²) in [6.07, 6.45) is 3.00. The molecule has 0 saturated heterocycles. The van der Waals surface area contributed by atoms with E-state index in [1.165, 1.54) is 0 Å². The lowest BCUT2D eigenvalue weighted by atomic mass is 9.72. The van der Waals surface area contributed by atoms with Gasteiger partial charge in [-0.25, -0.2) is 0 Å². The lowest BCUT2D eigenvalue weighted by molar-refractivity contribution is -0.119. The van der Waals surface area contributed by atoms with E-state index in [2.05, 4.69) is 13.8 Å². The fourth-order valence-corrected chi connectivity index (χ4v) is 3.45. The van der Waals surface area contributed by atoms with Gasteiger partial charge in [-0.15, -0.1) is 0 Å². The minimum Gasteiger partial charge on any atom is -0.493 e. The second kappa shape index (κ2) is 5.89. The Balaban J connectivity index is 2.07. The van der Waals surface area contributed by atoms with Crippen molar-refractivity contribution in [1.29, 1.82) is 0 Å². The maximum absolute atomic E-state index is 12.7. The van der Waals surface area contributed by atoms with Gasteiger partial charge < -0.3 is 19.9 Å². The summed E-state index contributed by atoms with van der Waals surface area (Å²) in [5.41, 5.74) is 7.49. The van der Waals surface area contributed by atoms with Crippen LogP contribution in [-0.2, 0) is 9.53 Å². The van der Waals surface area contributed by atoms with Crippen LogP contribution in [0.4, 0.5) is 0 Å². The molecule has 1 aromatic carbocycles. The first-order valence-electron chi connectivity index (χ1n) is 7.98. The molecule has 1 aliphatic heterocycles. The van der Waals surface area contributed by atoms with Gasteiger partial charge >= 0.3 is 0 Å². The van der Waals surface area contributed by atoms with E-state index in [-0.39, 0.29) is 17.1 Å². The average Bonchev–Trinajstić information content (AvgIpc) is 2.51. The SMILES string of the molecule is COc1ccc(C2C=C(N)OC3=C2C(=O)CC(C)(C)C3)cc1OC. The molecule has 24 heavy (non-hydrogen) atoms. The van der Waals surface area contributed by atoms with Crippen molar-refractivity contribution in [3.63, 3.8) is 0 Å². The molecule has 0 aromatic heterocycles. The third kappa shape index (κ3) is 2.86. The van der Waals surface area contributed by atoms with Gasteiger partial charge in [-0.05, 0) is 29.2 Å². The second-order valence-corrected chi connectivity index (χ2v) is 7.04. The number of rotatable bonds is 3. The number of methoxy groups -OCH3 is 2. The first-order chi connectivity index (χ1) is 11.3. The summed E-state index contributed by atoms with van der Waals surface area (Å²) in [5, 5.41) is 0. The smallest absolute Gasteiger partial charge is 0.187 e. The highest BCUT2D eigenvalue weighted by molar-refractivity contribution is 5.99. The molecule has 5 nitrogen and oxygen atoms in total. The van der Waals surface area contributed by atoms with Crippen LogP contribution >= 0.6 is 0 Å². The number of Topliss-reactive ketones (excluding diaryl/α,β-unsaturated/α-hetero) is 1. The lowest BCUT2D eigenvalue weighted by Gasteiger charge is -2.36. The number of hydrogen-bond acceptors (Lipinski definition) is 5. The Kier molecular flexibility index (Phi) is 4.03. The van der Waals surface area contributed by atoms with E-state index in [0.717, 1.165) is 5.56 Å². The Morgan fingerprint density at radius 2 is 1.88 bits per heavy atom. The topological polar surface area (TPSA) is 70.8 Å². The van der Waals surface area contributed by atoms with Crippen LogP contribution < -0.4 is 15.2 Å². The molecule has 1 atom stereocenters. The van der Waals surface area contributed by atoms with Gasteiger partial charge in [-0.3, -0.25) is 4.79 Å². The molecule has 0 amide bonds. The molecule has 2 aliphatic rings. The third-order valence-electron chi connectivity index (χ3n) is 4.53. The molecule has 0 saturated carbocycles. The summed E-state index contributed by atoms with van der Waals surface area (Å²) >= 11 is 0. The summed E-state index contributed by atoms with van der Waals surface area (Å²) in [6, 6.07) is 5.65. The Morgan fingerprint density at radius 3 is 2.54 bits per heavy atom. The van der Waals surface area contributed by atoms with Crippen LogP contribution in [0.15, 0.2) is 41.5 Å². The third-order valence-corrected chi connectivity index (χ3v) is 4.53. The zero-order valence-electron chi connectivity index (χ0n) is 14.5. The van der Waals surface area contributed by atoms with E-state index >= 15 is 0 Å². The first kappa shape index (κ1) is 16.4. The molecule has 0 spiro atoms. The van der Waals surface area contributed by atoms with Gasteiger partial charge in [0, 0.05) is 24.3 Å². The van der Waals surface area contributed by atoms with Crippen molar-refractivity contribution in [2.75, 3.05) is 14.2 Å². The maximum atomic E-state index is 12.7. The summed E-state index contributed by atoms with van der Waals surface area (Å²) in [6.45, 7) is 4.13. The number of ether oxygens (including phenoxy) is 3. The molecule has 0 fully saturated rings. The predicted octanol–water partition coefficient (Wildman–Crippen LogP) is 3.26.